The summed E-state index contributed by atoms with van der Waals surface area (Å²) >= 11 is 0. The number of likely N-dealkylation sites (tertiary alicyclic amines) is 1. The number of hydrogen-bond acceptors (Lipinski definition) is 5. The summed E-state index contributed by atoms with van der Waals surface area (Å²) in [4.78, 5) is 15.4. The van der Waals surface area contributed by atoms with E-state index in [0.717, 1.165) is 68.8 Å². The molecule has 4 rings (SSSR count). The average Bonchev–Trinajstić information content (AvgIpc) is 3.58. The Bertz CT molecular complexity index is 844. The monoisotopic (exact) mass is 501 g/mol. The van der Waals surface area contributed by atoms with Crippen LogP contribution < -0.4 is 15.4 Å². The van der Waals surface area contributed by atoms with Gasteiger partial charge in [0.2, 0.25) is 0 Å². The van der Waals surface area contributed by atoms with E-state index in [1.807, 2.05) is 24.1 Å². The fraction of sp³-hybridized carbons (Fsp3) is 0.759. The lowest BCUT2D eigenvalue weighted by atomic mass is 9.73. The highest BCUT2D eigenvalue weighted by molar-refractivity contribution is 5.74. The summed E-state index contributed by atoms with van der Waals surface area (Å²) in [6.45, 7) is 3.44. The number of para-hydroxylation sites is 1. The van der Waals surface area contributed by atoms with Crippen LogP contribution in [0.2, 0.25) is 0 Å². The number of carbonyl (C=O) groups is 1. The van der Waals surface area contributed by atoms with Crippen molar-refractivity contribution in [3.63, 3.8) is 0 Å². The quantitative estimate of drug-likeness (QED) is 0.374. The number of rotatable bonds is 12. The minimum atomic E-state index is -1.03. The summed E-state index contributed by atoms with van der Waals surface area (Å²) < 4.78 is 11.3. The molecule has 1 saturated carbocycles. The van der Waals surface area contributed by atoms with Crippen LogP contribution in [0.4, 0.5) is 4.79 Å². The van der Waals surface area contributed by atoms with Gasteiger partial charge in [0.25, 0.3) is 0 Å². The molecule has 0 aromatic heterocycles. The van der Waals surface area contributed by atoms with E-state index in [2.05, 4.69) is 16.7 Å². The highest BCUT2D eigenvalue weighted by Gasteiger charge is 2.44. The number of fused-ring (bicyclic) bond motifs is 1. The van der Waals surface area contributed by atoms with Gasteiger partial charge in [-0.25, -0.2) is 4.79 Å². The van der Waals surface area contributed by atoms with Gasteiger partial charge in [0, 0.05) is 57.3 Å². The smallest absolute Gasteiger partial charge is 0.317 e. The second kappa shape index (κ2) is 13.1. The highest BCUT2D eigenvalue weighted by atomic mass is 16.5. The van der Waals surface area contributed by atoms with Gasteiger partial charge >= 0.3 is 6.03 Å². The van der Waals surface area contributed by atoms with E-state index in [0.29, 0.717) is 26.2 Å². The lowest BCUT2D eigenvalue weighted by molar-refractivity contribution is -0.0577. The number of urea groups is 1. The number of piperidine rings is 1. The maximum Gasteiger partial charge on any atom is 0.317 e. The van der Waals surface area contributed by atoms with Crippen molar-refractivity contribution in [2.45, 2.75) is 82.3 Å². The van der Waals surface area contributed by atoms with Crippen LogP contribution in [0.5, 0.6) is 5.75 Å². The van der Waals surface area contributed by atoms with E-state index in [1.165, 1.54) is 31.2 Å². The number of nitrogens with zero attached hydrogens (tertiary/aromatic N) is 1. The molecule has 0 radical (unpaired) electrons. The largest absolute Gasteiger partial charge is 0.493 e. The molecule has 1 unspecified atom stereocenters. The number of hydrogen-bond donors (Lipinski definition) is 3. The van der Waals surface area contributed by atoms with Gasteiger partial charge < -0.3 is 30.1 Å². The second-order valence-electron chi connectivity index (χ2n) is 11.1. The van der Waals surface area contributed by atoms with Crippen molar-refractivity contribution in [3.05, 3.63) is 29.3 Å². The van der Waals surface area contributed by atoms with Crippen LogP contribution in [-0.4, -0.2) is 69.1 Å². The van der Waals surface area contributed by atoms with Crippen molar-refractivity contribution in [2.24, 2.45) is 11.8 Å². The Kier molecular flexibility index (Phi) is 9.91. The highest BCUT2D eigenvalue weighted by Crippen LogP contribution is 2.45. The Morgan fingerprint density at radius 3 is 2.86 bits per heavy atom. The second-order valence-corrected chi connectivity index (χ2v) is 11.1. The fourth-order valence-electron chi connectivity index (χ4n) is 6.66. The number of likely N-dealkylation sites (N-methyl/N-ethyl adjacent to an activating group) is 1. The van der Waals surface area contributed by atoms with Crippen molar-refractivity contribution in [2.75, 3.05) is 47.0 Å². The fourth-order valence-corrected chi connectivity index (χ4v) is 6.66. The zero-order chi connectivity index (χ0) is 25.4. The molecule has 202 valence electrons. The van der Waals surface area contributed by atoms with Crippen LogP contribution >= 0.6 is 0 Å². The number of aliphatic hydroxyl groups is 1. The van der Waals surface area contributed by atoms with Crippen molar-refractivity contribution in [1.82, 2.24) is 15.5 Å². The first-order valence-corrected chi connectivity index (χ1v) is 14.2. The summed E-state index contributed by atoms with van der Waals surface area (Å²) in [5, 5.41) is 18.9. The molecule has 2 aliphatic heterocycles. The lowest BCUT2D eigenvalue weighted by Crippen LogP contribution is -2.54. The molecule has 3 aliphatic rings. The van der Waals surface area contributed by atoms with Gasteiger partial charge in [0.1, 0.15) is 5.75 Å². The van der Waals surface area contributed by atoms with Gasteiger partial charge in [0.15, 0.2) is 0 Å². The Hall–Kier alpha value is -1.83. The van der Waals surface area contributed by atoms with Crippen molar-refractivity contribution < 1.29 is 19.4 Å². The van der Waals surface area contributed by atoms with E-state index in [1.54, 1.807) is 7.11 Å². The van der Waals surface area contributed by atoms with E-state index in [9.17, 15) is 9.90 Å². The SMILES string of the molecule is CNCC(CC1CCCC1)NC(=O)N1CCC[C@@H]([C@@](O)(CCCCOC)c2cccc3c2OCC3)C1. The molecule has 1 aromatic carbocycles. The van der Waals surface area contributed by atoms with Crippen LogP contribution in [0.25, 0.3) is 0 Å². The first-order valence-electron chi connectivity index (χ1n) is 14.2. The minimum absolute atomic E-state index is 0.00854. The molecule has 1 aliphatic carbocycles. The number of unbranched alkanes of at least 4 members (excludes halogenated alkanes) is 1. The molecule has 3 atom stereocenters. The molecule has 1 saturated heterocycles. The Balaban J connectivity index is 1.47. The molecule has 2 amide bonds. The molecular weight excluding hydrogens is 454 g/mol. The topological polar surface area (TPSA) is 83.1 Å². The third-order valence-electron chi connectivity index (χ3n) is 8.59. The third kappa shape index (κ3) is 6.53. The lowest BCUT2D eigenvalue weighted by Gasteiger charge is -2.43. The van der Waals surface area contributed by atoms with Crippen LogP contribution in [-0.2, 0) is 16.8 Å². The van der Waals surface area contributed by atoms with Crippen molar-refractivity contribution in [1.29, 1.82) is 0 Å². The summed E-state index contributed by atoms with van der Waals surface area (Å²) in [6, 6.07) is 6.33. The number of nitrogens with one attached hydrogen (secondary N) is 2. The molecule has 1 aromatic rings. The number of methoxy groups -OCH3 is 1. The van der Waals surface area contributed by atoms with Gasteiger partial charge in [-0.2, -0.15) is 0 Å². The normalized spacial score (nSPS) is 22.6. The number of benzene rings is 1. The number of amides is 2. The molecule has 3 N–H and O–H groups in total. The van der Waals surface area contributed by atoms with Crippen molar-refractivity contribution in [3.8, 4) is 5.75 Å². The molecule has 0 spiro atoms. The number of carbonyl (C=O) groups excluding carboxylic acids is 1. The molecule has 0 bridgehead atoms. The number of ether oxygens (including phenoxy) is 2. The van der Waals surface area contributed by atoms with E-state index < -0.39 is 5.60 Å². The standard InChI is InChI=1S/C29H47N3O4/c1-30-20-25(19-22-9-3-4-10-22)31-28(33)32-16-8-12-24(21-32)29(34,15-5-6-17-35-2)26-13-7-11-23-14-18-36-27(23)26/h7,11,13,22,24-25,30,34H,3-6,8-10,12,14-21H2,1-2H3,(H,31,33)/t24-,25?,29+/m1/s1. The van der Waals surface area contributed by atoms with E-state index in [4.69, 9.17) is 9.47 Å². The van der Waals surface area contributed by atoms with Crippen LogP contribution in [0, 0.1) is 11.8 Å². The first-order chi connectivity index (χ1) is 17.5. The van der Waals surface area contributed by atoms with Gasteiger partial charge in [-0.15, -0.1) is 0 Å². The van der Waals surface area contributed by atoms with Crippen LogP contribution in [0.3, 0.4) is 0 Å². The summed E-state index contributed by atoms with van der Waals surface area (Å²) in [5.41, 5.74) is 1.04. The zero-order valence-electron chi connectivity index (χ0n) is 22.4. The average molecular weight is 502 g/mol. The van der Waals surface area contributed by atoms with Crippen molar-refractivity contribution >= 4 is 6.03 Å². The summed E-state index contributed by atoms with van der Waals surface area (Å²) in [5.74, 6) is 1.54. The van der Waals surface area contributed by atoms with Gasteiger partial charge in [-0.05, 0) is 57.1 Å². The Morgan fingerprint density at radius 2 is 2.08 bits per heavy atom. The van der Waals surface area contributed by atoms with E-state index in [-0.39, 0.29) is 18.0 Å². The zero-order valence-corrected chi connectivity index (χ0v) is 22.4. The molecule has 2 heterocycles. The maximum absolute atomic E-state index is 13.4. The maximum atomic E-state index is 13.4. The van der Waals surface area contributed by atoms with Gasteiger partial charge in [-0.3, -0.25) is 0 Å². The van der Waals surface area contributed by atoms with Crippen LogP contribution in [0.15, 0.2) is 18.2 Å². The minimum Gasteiger partial charge on any atom is -0.493 e. The van der Waals surface area contributed by atoms with E-state index >= 15 is 0 Å². The molecule has 36 heavy (non-hydrogen) atoms. The summed E-state index contributed by atoms with van der Waals surface area (Å²) in [7, 11) is 3.67. The first kappa shape index (κ1) is 27.2. The Morgan fingerprint density at radius 1 is 1.25 bits per heavy atom. The van der Waals surface area contributed by atoms with Crippen LogP contribution in [0.1, 0.15) is 75.3 Å². The molecular formula is C29H47N3O4. The predicted molar refractivity (Wildman–Crippen MR) is 142 cm³/mol. The molecule has 7 heteroatoms. The third-order valence-corrected chi connectivity index (χ3v) is 8.59. The molecule has 2 fully saturated rings. The summed E-state index contributed by atoms with van der Waals surface area (Å²) in [6.07, 6.45) is 11.3. The molecule has 7 nitrogen and oxygen atoms in total. The predicted octanol–water partition coefficient (Wildman–Crippen LogP) is 4.22. The Labute approximate surface area is 217 Å². The van der Waals surface area contributed by atoms with Gasteiger partial charge in [-0.1, -0.05) is 43.9 Å². The van der Waals surface area contributed by atoms with Gasteiger partial charge in [0.05, 0.1) is 12.2 Å².